The Labute approximate surface area is 86.0 Å². The Bertz CT molecular complexity index is 147. The van der Waals surface area contributed by atoms with Crippen LogP contribution in [0.3, 0.4) is 0 Å². The van der Waals surface area contributed by atoms with Crippen molar-refractivity contribution in [2.24, 2.45) is 0 Å². The molecule has 10 heavy (non-hydrogen) atoms. The van der Waals surface area contributed by atoms with Gasteiger partial charge in [-0.25, -0.2) is 0 Å². The van der Waals surface area contributed by atoms with Gasteiger partial charge in [-0.3, -0.25) is 0 Å². The molecule has 0 aromatic rings. The number of rotatable bonds is 2. The minimum atomic E-state index is -0.506. The quantitative estimate of drug-likeness (QED) is 0.411. The van der Waals surface area contributed by atoms with Gasteiger partial charge < -0.3 is 0 Å². The first kappa shape index (κ1) is 10.3. The zero-order valence-electron chi connectivity index (χ0n) is 4.94. The summed E-state index contributed by atoms with van der Waals surface area (Å²) in [7, 11) is 0. The fourth-order valence-electron chi connectivity index (χ4n) is 0.215. The predicted molar refractivity (Wildman–Crippen MR) is 38.4 cm³/mol. The zero-order valence-corrected chi connectivity index (χ0v) is 11.5. The first-order valence-electron chi connectivity index (χ1n) is 2.20. The fourth-order valence-corrected chi connectivity index (χ4v) is 0.663. The summed E-state index contributed by atoms with van der Waals surface area (Å²) in [5.74, 6) is -1.01. The van der Waals surface area contributed by atoms with E-state index in [0.717, 1.165) is 12.2 Å². The van der Waals surface area contributed by atoms with Crippen molar-refractivity contribution in [1.82, 2.24) is 0 Å². The van der Waals surface area contributed by atoms with Gasteiger partial charge in [0.25, 0.3) is 0 Å². The van der Waals surface area contributed by atoms with Gasteiger partial charge in [-0.2, -0.15) is 0 Å². The normalized spacial score (nSPS) is 9.40. The van der Waals surface area contributed by atoms with Crippen molar-refractivity contribution in [2.75, 3.05) is 0 Å². The molecule has 6 heteroatoms. The van der Waals surface area contributed by atoms with Crippen LogP contribution in [0.2, 0.25) is 0 Å². The van der Waals surface area contributed by atoms with E-state index in [1.54, 1.807) is 0 Å². The summed E-state index contributed by atoms with van der Waals surface area (Å²) in [5, 5.41) is 0. The Balaban J connectivity index is 3.75. The maximum atomic E-state index is 10.4. The Kier molecular flexibility index (Phi) is 6.25. The van der Waals surface area contributed by atoms with E-state index in [0.29, 0.717) is 46.9 Å². The van der Waals surface area contributed by atoms with Crippen LogP contribution in [-0.4, -0.2) is 58.8 Å². The van der Waals surface area contributed by atoms with Gasteiger partial charge in [0.05, 0.1) is 0 Å². The molecule has 0 saturated carbocycles. The van der Waals surface area contributed by atoms with E-state index >= 15 is 0 Å². The van der Waals surface area contributed by atoms with Gasteiger partial charge in [-0.05, 0) is 0 Å². The van der Waals surface area contributed by atoms with Crippen LogP contribution in [0.1, 0.15) is 0 Å². The van der Waals surface area contributed by atoms with E-state index in [1.807, 2.05) is 0 Å². The van der Waals surface area contributed by atoms with Crippen LogP contribution in [0.5, 0.6) is 0 Å². The zero-order chi connectivity index (χ0) is 7.98. The van der Waals surface area contributed by atoms with E-state index in [2.05, 4.69) is 6.03 Å². The van der Waals surface area contributed by atoms with Crippen LogP contribution in [-0.2, 0) is 15.6 Å². The fraction of sp³-hybridized carbons (Fsp3) is 0. The van der Waals surface area contributed by atoms with Gasteiger partial charge in [0, 0.05) is 0 Å². The summed E-state index contributed by atoms with van der Waals surface area (Å²) in [6, 6.07) is 0. The molecule has 0 fully saturated rings. The number of carbonyl (C=O) groups excluding carboxylic acids is 2. The van der Waals surface area contributed by atoms with Crippen LogP contribution in [0.4, 0.5) is 0 Å². The summed E-state index contributed by atoms with van der Waals surface area (Å²) in [4.78, 5) is 20.7. The first-order valence-corrected chi connectivity index (χ1v) is 4.89. The third-order valence-electron chi connectivity index (χ3n) is 0.588. The maximum absolute atomic E-state index is 10.4. The Hall–Kier alpha value is 0.316. The van der Waals surface area contributed by atoms with Crippen LogP contribution in [0.15, 0.2) is 12.2 Å². The van der Waals surface area contributed by atoms with E-state index in [9.17, 15) is 9.59 Å². The topological polar surface area (TPSA) is 52.6 Å². The molecule has 0 heterocycles. The molecule has 0 aliphatic rings. The van der Waals surface area contributed by atoms with E-state index in [1.165, 1.54) is 0 Å². The van der Waals surface area contributed by atoms with E-state index < -0.39 is 11.9 Å². The molecule has 0 aromatic heterocycles. The second kappa shape index (κ2) is 6.05. The molecule has 0 rings (SSSR count). The molecule has 0 N–H and O–H groups in total. The molecule has 56 valence electrons. The molecule has 4 nitrogen and oxygen atoms in total. The molecule has 0 aliphatic carbocycles. The van der Waals surface area contributed by atoms with Gasteiger partial charge in [-0.1, -0.05) is 0 Å². The molecular formula is C4H6O4Sb2. The van der Waals surface area contributed by atoms with Crippen molar-refractivity contribution in [3.05, 3.63) is 12.2 Å². The SMILES string of the molecule is O=C(/C=C\C(=O)[O][SbH2])[O][SbH2]. The predicted octanol–water partition coefficient (Wildman–Crippen LogP) is -2.27. The van der Waals surface area contributed by atoms with Crippen LogP contribution in [0.25, 0.3) is 0 Å². The van der Waals surface area contributed by atoms with Gasteiger partial charge in [0.2, 0.25) is 0 Å². The van der Waals surface area contributed by atoms with Gasteiger partial charge >= 0.3 is 86.6 Å². The number of hydrogen-bond donors (Lipinski definition) is 0. The van der Waals surface area contributed by atoms with Gasteiger partial charge in [0.15, 0.2) is 0 Å². The molecule has 0 saturated heterocycles. The molecule has 0 amide bonds. The Morgan fingerprint density at radius 1 is 1.00 bits per heavy atom. The van der Waals surface area contributed by atoms with Crippen LogP contribution < -0.4 is 0 Å². The molecule has 0 bridgehead atoms. The van der Waals surface area contributed by atoms with Crippen LogP contribution in [0, 0.1) is 0 Å². The van der Waals surface area contributed by atoms with Crippen molar-refractivity contribution < 1.29 is 15.6 Å². The van der Waals surface area contributed by atoms with E-state index in [-0.39, 0.29) is 0 Å². The molecule has 0 aromatic carbocycles. The average Bonchev–Trinajstić information content (AvgIpc) is 1.99. The summed E-state index contributed by atoms with van der Waals surface area (Å²) in [5.41, 5.74) is 0. The minimum absolute atomic E-state index is 0.397. The second-order valence-corrected chi connectivity index (χ2v) is 2.55. The van der Waals surface area contributed by atoms with Crippen LogP contribution >= 0.6 is 0 Å². The molecular weight excluding hydrogens is 356 g/mol. The van der Waals surface area contributed by atoms with Crippen molar-refractivity contribution in [3.63, 3.8) is 0 Å². The van der Waals surface area contributed by atoms with E-state index in [4.69, 9.17) is 0 Å². The molecule has 0 atom stereocenters. The molecule has 0 unspecified atom stereocenters. The first-order chi connectivity index (χ1) is 4.70. The number of carbonyl (C=O) groups is 2. The van der Waals surface area contributed by atoms with Crippen molar-refractivity contribution in [2.45, 2.75) is 0 Å². The van der Waals surface area contributed by atoms with Crippen molar-refractivity contribution >= 4 is 58.8 Å². The average molecular weight is 362 g/mol. The Morgan fingerprint density at radius 3 is 1.50 bits per heavy atom. The monoisotopic (exact) mass is 360 g/mol. The van der Waals surface area contributed by atoms with Gasteiger partial charge in [0.1, 0.15) is 0 Å². The second-order valence-electron chi connectivity index (χ2n) is 1.21. The molecule has 0 aliphatic heterocycles. The third kappa shape index (κ3) is 5.13. The summed E-state index contributed by atoms with van der Waals surface area (Å²) in [6.07, 6.45) is 2.09. The summed E-state index contributed by atoms with van der Waals surface area (Å²) < 4.78 is 8.70. The third-order valence-corrected chi connectivity index (χ3v) is 1.91. The van der Waals surface area contributed by atoms with Gasteiger partial charge in [-0.15, -0.1) is 0 Å². The van der Waals surface area contributed by atoms with Crippen molar-refractivity contribution in [1.29, 1.82) is 0 Å². The summed E-state index contributed by atoms with van der Waals surface area (Å²) in [6.45, 7) is 0. The summed E-state index contributed by atoms with van der Waals surface area (Å²) >= 11 is 0.794. The number of hydrogen-bond acceptors (Lipinski definition) is 4. The van der Waals surface area contributed by atoms with Crippen molar-refractivity contribution in [3.8, 4) is 0 Å². The molecule has 0 spiro atoms. The standard InChI is InChI=1S/C4H4O4.2Sb.4H/c5-3(6)1-2-4(7)8;;;;;;/h1-2H,(H,5,6)(H,7,8);;;;;;/q;2*+1;;;;/p-2/b2-1-;;;;;;. The Morgan fingerprint density at radius 2 is 1.30 bits per heavy atom. The molecule has 0 radical (unpaired) electrons.